The van der Waals surface area contributed by atoms with E-state index in [9.17, 15) is 0 Å². The lowest BCUT2D eigenvalue weighted by atomic mass is 9.87. The standard InChI is InChI=1S/C15H24N2O/c1-11-5-3-8-14(11)15(17-16)10-12-6-4-7-13(9-12)18-2/h4,6-7,9,11,14-15,17H,3,5,8,10,16H2,1-2H3. The molecule has 18 heavy (non-hydrogen) atoms. The molecule has 1 fully saturated rings. The van der Waals surface area contributed by atoms with Gasteiger partial charge in [0.05, 0.1) is 7.11 Å². The molecule has 0 spiro atoms. The van der Waals surface area contributed by atoms with E-state index < -0.39 is 0 Å². The molecule has 0 aliphatic heterocycles. The second kappa shape index (κ2) is 6.21. The smallest absolute Gasteiger partial charge is 0.119 e. The van der Waals surface area contributed by atoms with Crippen LogP contribution in [-0.4, -0.2) is 13.2 Å². The highest BCUT2D eigenvalue weighted by molar-refractivity contribution is 5.29. The van der Waals surface area contributed by atoms with Crippen LogP contribution in [0.3, 0.4) is 0 Å². The van der Waals surface area contributed by atoms with Gasteiger partial charge in [-0.3, -0.25) is 11.3 Å². The lowest BCUT2D eigenvalue weighted by molar-refractivity contribution is 0.297. The van der Waals surface area contributed by atoms with Crippen LogP contribution in [0.1, 0.15) is 31.7 Å². The summed E-state index contributed by atoms with van der Waals surface area (Å²) in [5.41, 5.74) is 4.31. The molecule has 1 aromatic rings. The predicted molar refractivity (Wildman–Crippen MR) is 74.3 cm³/mol. The highest BCUT2D eigenvalue weighted by Crippen LogP contribution is 2.34. The number of nitrogens with two attached hydrogens (primary N) is 1. The molecular weight excluding hydrogens is 224 g/mol. The summed E-state index contributed by atoms with van der Waals surface area (Å²) < 4.78 is 5.27. The lowest BCUT2D eigenvalue weighted by Gasteiger charge is -2.26. The van der Waals surface area contributed by atoms with Crippen molar-refractivity contribution in [2.45, 2.75) is 38.6 Å². The van der Waals surface area contributed by atoms with Gasteiger partial charge in [-0.1, -0.05) is 31.9 Å². The molecule has 0 amide bonds. The summed E-state index contributed by atoms with van der Waals surface area (Å²) >= 11 is 0. The zero-order valence-corrected chi connectivity index (χ0v) is 11.4. The van der Waals surface area contributed by atoms with E-state index in [1.54, 1.807) is 7.11 Å². The molecule has 0 aromatic heterocycles. The SMILES string of the molecule is COc1cccc(CC(NN)C2CCCC2C)c1. The van der Waals surface area contributed by atoms with Crippen LogP contribution in [-0.2, 0) is 6.42 Å². The van der Waals surface area contributed by atoms with Crippen molar-refractivity contribution in [3.05, 3.63) is 29.8 Å². The van der Waals surface area contributed by atoms with Crippen molar-refractivity contribution < 1.29 is 4.74 Å². The first-order valence-corrected chi connectivity index (χ1v) is 6.83. The predicted octanol–water partition coefficient (Wildman–Crippen LogP) is 2.51. The van der Waals surface area contributed by atoms with Gasteiger partial charge in [0.25, 0.3) is 0 Å². The number of rotatable bonds is 5. The third-order valence-corrected chi connectivity index (χ3v) is 4.25. The second-order valence-electron chi connectivity index (χ2n) is 5.40. The van der Waals surface area contributed by atoms with Gasteiger partial charge in [0.1, 0.15) is 5.75 Å². The van der Waals surface area contributed by atoms with E-state index in [2.05, 4.69) is 24.5 Å². The average Bonchev–Trinajstić information content (AvgIpc) is 2.82. The van der Waals surface area contributed by atoms with Crippen LogP contribution in [0.5, 0.6) is 5.75 Å². The van der Waals surface area contributed by atoms with Crippen LogP contribution in [0.4, 0.5) is 0 Å². The second-order valence-corrected chi connectivity index (χ2v) is 5.40. The lowest BCUT2D eigenvalue weighted by Crippen LogP contribution is -2.43. The first-order chi connectivity index (χ1) is 8.74. The first kappa shape index (κ1) is 13.4. The van der Waals surface area contributed by atoms with Crippen molar-refractivity contribution in [3.8, 4) is 5.75 Å². The van der Waals surface area contributed by atoms with Crippen LogP contribution < -0.4 is 16.0 Å². The Hall–Kier alpha value is -1.06. The molecule has 3 nitrogen and oxygen atoms in total. The van der Waals surface area contributed by atoms with Crippen molar-refractivity contribution in [2.24, 2.45) is 17.7 Å². The van der Waals surface area contributed by atoms with Crippen molar-refractivity contribution in [1.29, 1.82) is 0 Å². The van der Waals surface area contributed by atoms with E-state index in [0.29, 0.717) is 12.0 Å². The van der Waals surface area contributed by atoms with Gasteiger partial charge in [-0.25, -0.2) is 0 Å². The summed E-state index contributed by atoms with van der Waals surface area (Å²) in [5.74, 6) is 8.14. The summed E-state index contributed by atoms with van der Waals surface area (Å²) in [6, 6.07) is 8.64. The number of hydrogen-bond acceptors (Lipinski definition) is 3. The summed E-state index contributed by atoms with van der Waals surface area (Å²) in [6.07, 6.45) is 4.94. The van der Waals surface area contributed by atoms with Gasteiger partial charge < -0.3 is 4.74 Å². The summed E-state index contributed by atoms with van der Waals surface area (Å²) in [4.78, 5) is 0. The largest absolute Gasteiger partial charge is 0.497 e. The van der Waals surface area contributed by atoms with Gasteiger partial charge in [0.2, 0.25) is 0 Å². The number of benzene rings is 1. The molecule has 3 N–H and O–H groups in total. The van der Waals surface area contributed by atoms with E-state index in [1.165, 1.54) is 24.8 Å². The third kappa shape index (κ3) is 3.03. The fraction of sp³-hybridized carbons (Fsp3) is 0.600. The highest BCUT2D eigenvalue weighted by Gasteiger charge is 2.30. The fourth-order valence-electron chi connectivity index (χ4n) is 3.16. The third-order valence-electron chi connectivity index (χ3n) is 4.25. The summed E-state index contributed by atoms with van der Waals surface area (Å²) in [7, 11) is 1.71. The Morgan fingerprint density at radius 2 is 2.28 bits per heavy atom. The van der Waals surface area contributed by atoms with E-state index in [-0.39, 0.29) is 0 Å². The Morgan fingerprint density at radius 1 is 1.44 bits per heavy atom. The molecule has 2 rings (SSSR count). The molecule has 100 valence electrons. The van der Waals surface area contributed by atoms with Crippen molar-refractivity contribution in [2.75, 3.05) is 7.11 Å². The monoisotopic (exact) mass is 248 g/mol. The van der Waals surface area contributed by atoms with Crippen LogP contribution in [0.25, 0.3) is 0 Å². The Balaban J connectivity index is 2.05. The molecular formula is C15H24N2O. The number of hydrazine groups is 1. The fourth-order valence-corrected chi connectivity index (χ4v) is 3.16. The molecule has 3 heteroatoms. The van der Waals surface area contributed by atoms with E-state index >= 15 is 0 Å². The van der Waals surface area contributed by atoms with Gasteiger partial charge in [-0.05, 0) is 42.4 Å². The highest BCUT2D eigenvalue weighted by atomic mass is 16.5. The quantitative estimate of drug-likeness (QED) is 0.622. The van der Waals surface area contributed by atoms with Gasteiger partial charge in [0, 0.05) is 6.04 Å². The van der Waals surface area contributed by atoms with Crippen molar-refractivity contribution in [1.82, 2.24) is 5.43 Å². The van der Waals surface area contributed by atoms with Crippen molar-refractivity contribution >= 4 is 0 Å². The maximum absolute atomic E-state index is 5.75. The first-order valence-electron chi connectivity index (χ1n) is 6.83. The van der Waals surface area contributed by atoms with Crippen LogP contribution in [0.2, 0.25) is 0 Å². The van der Waals surface area contributed by atoms with E-state index in [1.807, 2.05) is 12.1 Å². The molecule has 3 atom stereocenters. The maximum atomic E-state index is 5.75. The minimum absolute atomic E-state index is 0.370. The Kier molecular flexibility index (Phi) is 4.61. The van der Waals surface area contributed by atoms with Crippen LogP contribution in [0.15, 0.2) is 24.3 Å². The molecule has 1 aromatic carbocycles. The number of hydrogen-bond donors (Lipinski definition) is 2. The van der Waals surface area contributed by atoms with Gasteiger partial charge in [0.15, 0.2) is 0 Å². The maximum Gasteiger partial charge on any atom is 0.119 e. The molecule has 0 bridgehead atoms. The van der Waals surface area contributed by atoms with E-state index in [4.69, 9.17) is 10.6 Å². The zero-order chi connectivity index (χ0) is 13.0. The minimum atomic E-state index is 0.370. The Labute approximate surface area is 110 Å². The van der Waals surface area contributed by atoms with Gasteiger partial charge in [-0.2, -0.15) is 0 Å². The Morgan fingerprint density at radius 3 is 2.89 bits per heavy atom. The van der Waals surface area contributed by atoms with Crippen molar-refractivity contribution in [3.63, 3.8) is 0 Å². The molecule has 1 aliphatic carbocycles. The van der Waals surface area contributed by atoms with E-state index in [0.717, 1.165) is 18.1 Å². The molecule has 1 saturated carbocycles. The average molecular weight is 248 g/mol. The number of ether oxygens (including phenoxy) is 1. The van der Waals surface area contributed by atoms with Gasteiger partial charge in [-0.15, -0.1) is 0 Å². The molecule has 0 saturated heterocycles. The summed E-state index contributed by atoms with van der Waals surface area (Å²) in [5, 5.41) is 0. The Bertz CT molecular complexity index is 381. The normalized spacial score (nSPS) is 25.1. The summed E-state index contributed by atoms with van der Waals surface area (Å²) in [6.45, 7) is 2.34. The molecule has 3 unspecified atom stereocenters. The molecule has 0 radical (unpaired) electrons. The van der Waals surface area contributed by atoms with Gasteiger partial charge >= 0.3 is 0 Å². The zero-order valence-electron chi connectivity index (χ0n) is 11.4. The topological polar surface area (TPSA) is 47.3 Å². The number of methoxy groups -OCH3 is 1. The molecule has 1 aliphatic rings. The van der Waals surface area contributed by atoms with Crippen LogP contribution >= 0.6 is 0 Å². The minimum Gasteiger partial charge on any atom is -0.497 e. The van der Waals surface area contributed by atoms with Crippen LogP contribution in [0, 0.1) is 11.8 Å². The number of nitrogens with one attached hydrogen (secondary N) is 1. The molecule has 0 heterocycles.